The number of fused-ring (bicyclic) bond motifs is 1. The highest BCUT2D eigenvalue weighted by Crippen LogP contribution is 2.43. The number of pyridine rings is 1. The molecule has 1 aliphatic heterocycles. The molecule has 3 atom stereocenters. The number of hydrogen-bond donors (Lipinski definition) is 2. The van der Waals surface area contributed by atoms with Gasteiger partial charge in [0.2, 0.25) is 10.0 Å². The minimum atomic E-state index is -3.65. The van der Waals surface area contributed by atoms with Gasteiger partial charge in [0.05, 0.1) is 41.2 Å². The number of nitrogens with zero attached hydrogens (tertiary/aromatic N) is 4. The van der Waals surface area contributed by atoms with Crippen LogP contribution >= 0.6 is 0 Å². The predicted octanol–water partition coefficient (Wildman–Crippen LogP) is 3.13. The van der Waals surface area contributed by atoms with Crippen LogP contribution in [-0.4, -0.2) is 52.8 Å². The second-order valence-electron chi connectivity index (χ2n) is 9.36. The molecule has 2 N–H and O–H groups in total. The molecule has 11 heteroatoms. The zero-order valence-electron chi connectivity index (χ0n) is 19.6. The van der Waals surface area contributed by atoms with Gasteiger partial charge in [-0.1, -0.05) is 0 Å². The van der Waals surface area contributed by atoms with E-state index < -0.39 is 10.0 Å². The number of aromatic amines is 1. The van der Waals surface area contributed by atoms with Gasteiger partial charge in [-0.3, -0.25) is 9.48 Å². The zero-order valence-corrected chi connectivity index (χ0v) is 20.5. The largest absolute Gasteiger partial charge is 0.373 e. The summed E-state index contributed by atoms with van der Waals surface area (Å²) in [7, 11) is -3.65. The molecule has 5 rings (SSSR count). The summed E-state index contributed by atoms with van der Waals surface area (Å²) in [6.07, 6.45) is 3.63. The van der Waals surface area contributed by atoms with E-state index in [2.05, 4.69) is 21.5 Å². The number of morpholine rings is 1. The first-order valence-corrected chi connectivity index (χ1v) is 13.2. The molecule has 0 unspecified atom stereocenters. The van der Waals surface area contributed by atoms with E-state index in [1.165, 1.54) is 4.31 Å². The van der Waals surface area contributed by atoms with Crippen molar-refractivity contribution in [3.63, 3.8) is 0 Å². The van der Waals surface area contributed by atoms with Crippen molar-refractivity contribution < 1.29 is 13.2 Å². The van der Waals surface area contributed by atoms with Crippen LogP contribution in [0.3, 0.4) is 0 Å². The van der Waals surface area contributed by atoms with Crippen LogP contribution in [0.1, 0.15) is 39.2 Å². The molecule has 2 aromatic heterocycles. The molecule has 1 aliphatic carbocycles. The van der Waals surface area contributed by atoms with Crippen LogP contribution in [0.5, 0.6) is 0 Å². The van der Waals surface area contributed by atoms with Crippen molar-refractivity contribution in [1.29, 1.82) is 5.26 Å². The predicted molar refractivity (Wildman–Crippen MR) is 131 cm³/mol. The van der Waals surface area contributed by atoms with Crippen LogP contribution < -0.4 is 10.9 Å². The number of sulfonamides is 1. The molecule has 1 saturated carbocycles. The molecular weight excluding hydrogens is 468 g/mol. The average molecular weight is 497 g/mol. The quantitative estimate of drug-likeness (QED) is 0.513. The van der Waals surface area contributed by atoms with Crippen molar-refractivity contribution >= 4 is 32.4 Å². The lowest BCUT2D eigenvalue weighted by molar-refractivity contribution is -0.0440. The summed E-state index contributed by atoms with van der Waals surface area (Å²) in [5, 5.41) is 17.6. The van der Waals surface area contributed by atoms with Crippen molar-refractivity contribution in [3.05, 3.63) is 46.9 Å². The van der Waals surface area contributed by atoms with Gasteiger partial charge in [0.25, 0.3) is 5.56 Å². The molecule has 3 heterocycles. The second kappa shape index (κ2) is 9.11. The Hall–Kier alpha value is -3.20. The number of anilines is 2. The van der Waals surface area contributed by atoms with E-state index in [4.69, 9.17) is 4.74 Å². The van der Waals surface area contributed by atoms with E-state index >= 15 is 0 Å². The lowest BCUT2D eigenvalue weighted by Crippen LogP contribution is -2.48. The highest BCUT2D eigenvalue weighted by atomic mass is 32.2. The first kappa shape index (κ1) is 23.5. The summed E-state index contributed by atoms with van der Waals surface area (Å²) in [5.41, 5.74) is 0.987. The van der Waals surface area contributed by atoms with Gasteiger partial charge >= 0.3 is 0 Å². The van der Waals surface area contributed by atoms with Crippen LogP contribution in [0.15, 0.2) is 46.2 Å². The van der Waals surface area contributed by atoms with E-state index in [9.17, 15) is 18.5 Å². The SMILES string of the molecule is C[C@@H]1CN(S(=O)(=O)c2ccc(Nc3nn([C@@H](CC#N)C4CC4)c4cc[nH]c(=O)c34)cc2)C[C@@H](C)O1. The summed E-state index contributed by atoms with van der Waals surface area (Å²) < 4.78 is 35.2. The molecule has 0 bridgehead atoms. The third kappa shape index (κ3) is 4.57. The first-order valence-electron chi connectivity index (χ1n) is 11.8. The second-order valence-corrected chi connectivity index (χ2v) is 11.3. The Morgan fingerprint density at radius 1 is 1.20 bits per heavy atom. The third-order valence-corrected chi connectivity index (χ3v) is 8.40. The van der Waals surface area contributed by atoms with Crippen LogP contribution in [-0.2, 0) is 14.8 Å². The number of H-pyrrole nitrogens is 1. The molecule has 1 aromatic carbocycles. The van der Waals surface area contributed by atoms with Gasteiger partial charge in [-0.2, -0.15) is 14.7 Å². The molecule has 1 saturated heterocycles. The van der Waals surface area contributed by atoms with E-state index in [1.54, 1.807) is 41.2 Å². The number of nitrogens with one attached hydrogen (secondary N) is 2. The Balaban J connectivity index is 1.44. The normalized spacial score (nSPS) is 22.1. The summed E-state index contributed by atoms with van der Waals surface area (Å²) in [5.74, 6) is 0.747. The number of benzene rings is 1. The van der Waals surface area contributed by atoms with Gasteiger partial charge in [-0.05, 0) is 62.9 Å². The smallest absolute Gasteiger partial charge is 0.261 e. The number of aromatic nitrogens is 3. The average Bonchev–Trinajstić information content (AvgIpc) is 3.59. The summed E-state index contributed by atoms with van der Waals surface area (Å²) in [4.78, 5) is 15.6. The maximum atomic E-state index is 13.1. The Kier molecular flexibility index (Phi) is 6.13. The van der Waals surface area contributed by atoms with Gasteiger partial charge in [-0.15, -0.1) is 0 Å². The number of ether oxygens (including phenoxy) is 1. The van der Waals surface area contributed by atoms with Crippen molar-refractivity contribution in [2.24, 2.45) is 5.92 Å². The molecule has 2 fully saturated rings. The van der Waals surface area contributed by atoms with Crippen molar-refractivity contribution in [2.45, 2.75) is 56.3 Å². The fraction of sp³-hybridized carbons (Fsp3) is 0.458. The fourth-order valence-electron chi connectivity index (χ4n) is 4.79. The Labute approximate surface area is 203 Å². The van der Waals surface area contributed by atoms with E-state index in [1.807, 2.05) is 13.8 Å². The minimum absolute atomic E-state index is 0.0920. The zero-order chi connectivity index (χ0) is 24.7. The topological polar surface area (TPSA) is 133 Å². The summed E-state index contributed by atoms with van der Waals surface area (Å²) in [6, 6.07) is 10.4. The molecular formula is C24H28N6O4S. The van der Waals surface area contributed by atoms with Gasteiger partial charge in [0.15, 0.2) is 5.82 Å². The van der Waals surface area contributed by atoms with Crippen molar-refractivity contribution in [1.82, 2.24) is 19.1 Å². The molecule has 0 radical (unpaired) electrons. The number of nitriles is 1. The fourth-order valence-corrected chi connectivity index (χ4v) is 6.38. The first-order chi connectivity index (χ1) is 16.8. The molecule has 3 aromatic rings. The van der Waals surface area contributed by atoms with Gasteiger partial charge in [0, 0.05) is 25.0 Å². The highest BCUT2D eigenvalue weighted by molar-refractivity contribution is 7.89. The molecule has 10 nitrogen and oxygen atoms in total. The number of rotatable bonds is 7. The monoisotopic (exact) mass is 496 g/mol. The molecule has 0 amide bonds. The van der Waals surface area contributed by atoms with Crippen LogP contribution in [0.4, 0.5) is 11.5 Å². The Morgan fingerprint density at radius 2 is 1.89 bits per heavy atom. The minimum Gasteiger partial charge on any atom is -0.373 e. The Bertz CT molecular complexity index is 1430. The number of hydrogen-bond acceptors (Lipinski definition) is 7. The maximum Gasteiger partial charge on any atom is 0.261 e. The molecule has 35 heavy (non-hydrogen) atoms. The third-order valence-electron chi connectivity index (χ3n) is 6.55. The highest BCUT2D eigenvalue weighted by Gasteiger charge is 2.35. The molecule has 2 aliphatic rings. The molecule has 0 spiro atoms. The lowest BCUT2D eigenvalue weighted by atomic mass is 10.1. The standard InChI is InChI=1S/C24H28N6O4S/c1-15-13-29(14-16(2)34-15)35(32,33)19-7-5-18(6-8-19)27-23-22-21(10-12-26-24(22)31)30(28-23)20(9-11-25)17-3-4-17/h5-8,10,12,15-17,20H,3-4,9,13-14H2,1-2H3,(H,26,31)(H,27,28)/t15-,16-,20+/m1/s1. The lowest BCUT2D eigenvalue weighted by Gasteiger charge is -2.34. The van der Waals surface area contributed by atoms with Crippen molar-refractivity contribution in [2.75, 3.05) is 18.4 Å². The molecule has 184 valence electrons. The van der Waals surface area contributed by atoms with Crippen LogP contribution in [0, 0.1) is 17.2 Å². The van der Waals surface area contributed by atoms with Gasteiger partial charge < -0.3 is 15.0 Å². The maximum absolute atomic E-state index is 13.1. The van der Waals surface area contributed by atoms with E-state index in [0.717, 1.165) is 12.8 Å². The van der Waals surface area contributed by atoms with Crippen LogP contribution in [0.25, 0.3) is 10.9 Å². The van der Waals surface area contributed by atoms with E-state index in [-0.39, 0.29) is 28.7 Å². The van der Waals surface area contributed by atoms with E-state index in [0.29, 0.717) is 47.8 Å². The van der Waals surface area contributed by atoms with Crippen LogP contribution in [0.2, 0.25) is 0 Å². The van der Waals surface area contributed by atoms with Crippen molar-refractivity contribution in [3.8, 4) is 6.07 Å². The summed E-state index contributed by atoms with van der Waals surface area (Å²) >= 11 is 0. The Morgan fingerprint density at radius 3 is 2.51 bits per heavy atom. The van der Waals surface area contributed by atoms with Gasteiger partial charge in [0.1, 0.15) is 5.39 Å². The van der Waals surface area contributed by atoms with Gasteiger partial charge in [-0.25, -0.2) is 8.42 Å². The summed E-state index contributed by atoms with van der Waals surface area (Å²) in [6.45, 7) is 4.34.